The maximum atomic E-state index is 12.9. The number of carbonyl (C=O) groups excluding carboxylic acids is 1. The van der Waals surface area contributed by atoms with Crippen LogP contribution in [0.1, 0.15) is 45.7 Å². The van der Waals surface area contributed by atoms with Gasteiger partial charge in [-0.25, -0.2) is 0 Å². The van der Waals surface area contributed by atoms with Crippen molar-refractivity contribution in [2.75, 3.05) is 0 Å². The Morgan fingerprint density at radius 2 is 1.81 bits per heavy atom. The predicted octanol–water partition coefficient (Wildman–Crippen LogP) is 5.36. The first kappa shape index (κ1) is 18.9. The van der Waals surface area contributed by atoms with Gasteiger partial charge < -0.3 is 5.32 Å². The molecule has 0 aliphatic carbocycles. The highest BCUT2D eigenvalue weighted by Gasteiger charge is 2.30. The largest absolute Gasteiger partial charge is 0.416 e. The maximum Gasteiger partial charge on any atom is 0.416 e. The van der Waals surface area contributed by atoms with Crippen LogP contribution in [-0.4, -0.2) is 10.9 Å². The number of hydrogen-bond donors (Lipinski definition) is 1. The summed E-state index contributed by atoms with van der Waals surface area (Å²) in [7, 11) is 0. The number of aromatic nitrogens is 1. The molecule has 1 unspecified atom stereocenters. The van der Waals surface area contributed by atoms with Gasteiger partial charge in [0.1, 0.15) is 0 Å². The standard InChI is InChI=1S/C21H19F3N2O/c1-12-7-8-19-17(9-12)18(10-13(2)25-19)20(27)26-14(3)15-5-4-6-16(11-15)21(22,23)24/h4-11,14H,1-3H3,(H,26,27). The second-order valence-corrected chi connectivity index (χ2v) is 6.65. The lowest BCUT2D eigenvalue weighted by Crippen LogP contribution is -2.27. The molecule has 2 aromatic carbocycles. The number of halogens is 3. The summed E-state index contributed by atoms with van der Waals surface area (Å²) < 4.78 is 38.8. The van der Waals surface area contributed by atoms with Crippen LogP contribution < -0.4 is 5.32 Å². The van der Waals surface area contributed by atoms with Gasteiger partial charge >= 0.3 is 6.18 Å². The normalized spacial score (nSPS) is 12.8. The smallest absolute Gasteiger partial charge is 0.345 e. The maximum absolute atomic E-state index is 12.9. The molecular weight excluding hydrogens is 353 g/mol. The zero-order valence-corrected chi connectivity index (χ0v) is 15.2. The molecule has 1 N–H and O–H groups in total. The summed E-state index contributed by atoms with van der Waals surface area (Å²) in [5.41, 5.74) is 2.51. The van der Waals surface area contributed by atoms with E-state index in [0.29, 0.717) is 27.7 Å². The van der Waals surface area contributed by atoms with Crippen LogP contribution in [0.4, 0.5) is 13.2 Å². The minimum absolute atomic E-state index is 0.346. The first-order valence-electron chi connectivity index (χ1n) is 8.51. The third-order valence-corrected chi connectivity index (χ3v) is 4.40. The van der Waals surface area contributed by atoms with Gasteiger partial charge in [0.2, 0.25) is 0 Å². The van der Waals surface area contributed by atoms with E-state index in [0.717, 1.165) is 17.7 Å². The Hall–Kier alpha value is -2.89. The topological polar surface area (TPSA) is 42.0 Å². The minimum atomic E-state index is -4.42. The van der Waals surface area contributed by atoms with Crippen LogP contribution in [0.2, 0.25) is 0 Å². The van der Waals surface area contributed by atoms with Crippen molar-refractivity contribution in [3.05, 3.63) is 76.5 Å². The fraction of sp³-hybridized carbons (Fsp3) is 0.238. The molecule has 0 fully saturated rings. The number of nitrogens with one attached hydrogen (secondary N) is 1. The van der Waals surface area contributed by atoms with Gasteiger partial charge in [0.25, 0.3) is 5.91 Å². The lowest BCUT2D eigenvalue weighted by molar-refractivity contribution is -0.137. The predicted molar refractivity (Wildman–Crippen MR) is 98.5 cm³/mol. The Labute approximate surface area is 155 Å². The highest BCUT2D eigenvalue weighted by Crippen LogP contribution is 2.31. The molecule has 3 nitrogen and oxygen atoms in total. The molecule has 140 valence electrons. The number of amides is 1. The van der Waals surface area contributed by atoms with E-state index in [1.54, 1.807) is 26.0 Å². The van der Waals surface area contributed by atoms with E-state index in [1.165, 1.54) is 6.07 Å². The summed E-state index contributed by atoms with van der Waals surface area (Å²) in [5, 5.41) is 3.51. The molecule has 1 aromatic heterocycles. The highest BCUT2D eigenvalue weighted by atomic mass is 19.4. The summed E-state index contributed by atoms with van der Waals surface area (Å²) in [6.07, 6.45) is -4.42. The van der Waals surface area contributed by atoms with Crippen molar-refractivity contribution < 1.29 is 18.0 Å². The lowest BCUT2D eigenvalue weighted by Gasteiger charge is -2.17. The van der Waals surface area contributed by atoms with Gasteiger partial charge in [0.15, 0.2) is 0 Å². The number of alkyl halides is 3. The number of pyridine rings is 1. The van der Waals surface area contributed by atoms with Gasteiger partial charge in [-0.1, -0.05) is 23.8 Å². The van der Waals surface area contributed by atoms with Crippen molar-refractivity contribution in [3.63, 3.8) is 0 Å². The van der Waals surface area contributed by atoms with Gasteiger partial charge in [-0.2, -0.15) is 13.2 Å². The highest BCUT2D eigenvalue weighted by molar-refractivity contribution is 6.06. The van der Waals surface area contributed by atoms with Gasteiger partial charge in [-0.15, -0.1) is 0 Å². The van der Waals surface area contributed by atoms with Crippen molar-refractivity contribution in [1.29, 1.82) is 0 Å². The van der Waals surface area contributed by atoms with E-state index >= 15 is 0 Å². The molecule has 0 saturated carbocycles. The molecule has 1 amide bonds. The number of carbonyl (C=O) groups is 1. The Morgan fingerprint density at radius 3 is 2.52 bits per heavy atom. The van der Waals surface area contributed by atoms with E-state index in [1.807, 2.05) is 25.1 Å². The molecule has 27 heavy (non-hydrogen) atoms. The van der Waals surface area contributed by atoms with Crippen LogP contribution in [0.3, 0.4) is 0 Å². The first-order valence-corrected chi connectivity index (χ1v) is 8.51. The minimum Gasteiger partial charge on any atom is -0.345 e. The van der Waals surface area contributed by atoms with Crippen molar-refractivity contribution in [3.8, 4) is 0 Å². The molecule has 0 saturated heterocycles. The summed E-state index contributed by atoms with van der Waals surface area (Å²) in [4.78, 5) is 17.3. The molecule has 6 heteroatoms. The van der Waals surface area contributed by atoms with E-state index in [-0.39, 0.29) is 5.91 Å². The number of aryl methyl sites for hydroxylation is 2. The van der Waals surface area contributed by atoms with Gasteiger partial charge in [-0.05, 0) is 56.7 Å². The number of nitrogens with zero attached hydrogens (tertiary/aromatic N) is 1. The van der Waals surface area contributed by atoms with Crippen molar-refractivity contribution >= 4 is 16.8 Å². The van der Waals surface area contributed by atoms with E-state index < -0.39 is 17.8 Å². The fourth-order valence-corrected chi connectivity index (χ4v) is 3.00. The fourth-order valence-electron chi connectivity index (χ4n) is 3.00. The third-order valence-electron chi connectivity index (χ3n) is 4.40. The Bertz CT molecular complexity index is 1010. The molecular formula is C21H19F3N2O. The SMILES string of the molecule is Cc1ccc2nc(C)cc(C(=O)NC(C)c3cccc(C(F)(F)F)c3)c2c1. The molecule has 0 radical (unpaired) electrons. The molecule has 3 rings (SSSR count). The Morgan fingerprint density at radius 1 is 1.07 bits per heavy atom. The Kier molecular flexibility index (Phi) is 4.91. The average molecular weight is 372 g/mol. The molecule has 3 aromatic rings. The first-order chi connectivity index (χ1) is 12.6. The van der Waals surface area contributed by atoms with Crippen LogP contribution >= 0.6 is 0 Å². The molecule has 1 atom stereocenters. The van der Waals surface area contributed by atoms with Crippen LogP contribution in [0, 0.1) is 13.8 Å². The van der Waals surface area contributed by atoms with Crippen LogP contribution in [0.15, 0.2) is 48.5 Å². The summed E-state index contributed by atoms with van der Waals surface area (Å²) in [5.74, 6) is -0.346. The van der Waals surface area contributed by atoms with E-state index in [2.05, 4.69) is 10.3 Å². The van der Waals surface area contributed by atoms with Crippen LogP contribution in [-0.2, 0) is 6.18 Å². The second kappa shape index (κ2) is 7.02. The summed E-state index contributed by atoms with van der Waals surface area (Å²) >= 11 is 0. The molecule has 0 bridgehead atoms. The van der Waals surface area contributed by atoms with Crippen LogP contribution in [0.5, 0.6) is 0 Å². The second-order valence-electron chi connectivity index (χ2n) is 6.65. The molecule has 0 spiro atoms. The summed E-state index contributed by atoms with van der Waals surface area (Å²) in [6, 6.07) is 11.8. The Balaban J connectivity index is 1.92. The van der Waals surface area contributed by atoms with Crippen molar-refractivity contribution in [2.45, 2.75) is 33.0 Å². The van der Waals surface area contributed by atoms with Crippen molar-refractivity contribution in [2.24, 2.45) is 0 Å². The number of fused-ring (bicyclic) bond motifs is 1. The van der Waals surface area contributed by atoms with Crippen molar-refractivity contribution in [1.82, 2.24) is 10.3 Å². The van der Waals surface area contributed by atoms with Gasteiger partial charge in [0, 0.05) is 11.1 Å². The molecule has 0 aliphatic heterocycles. The number of rotatable bonds is 3. The van der Waals surface area contributed by atoms with Gasteiger partial charge in [0.05, 0.1) is 22.7 Å². The molecule has 0 aliphatic rings. The molecule has 1 heterocycles. The monoisotopic (exact) mass is 372 g/mol. The lowest BCUT2D eigenvalue weighted by atomic mass is 10.0. The van der Waals surface area contributed by atoms with Crippen LogP contribution in [0.25, 0.3) is 10.9 Å². The third kappa shape index (κ3) is 4.10. The zero-order valence-electron chi connectivity index (χ0n) is 15.2. The zero-order chi connectivity index (χ0) is 19.8. The number of benzene rings is 2. The van der Waals surface area contributed by atoms with E-state index in [4.69, 9.17) is 0 Å². The quantitative estimate of drug-likeness (QED) is 0.672. The van der Waals surface area contributed by atoms with E-state index in [9.17, 15) is 18.0 Å². The summed E-state index contributed by atoms with van der Waals surface area (Å²) in [6.45, 7) is 5.38. The average Bonchev–Trinajstić information content (AvgIpc) is 2.60. The van der Waals surface area contributed by atoms with Gasteiger partial charge in [-0.3, -0.25) is 9.78 Å². The number of hydrogen-bond acceptors (Lipinski definition) is 2.